The van der Waals surface area contributed by atoms with E-state index >= 15 is 0 Å². The Balaban J connectivity index is 2.50. The van der Waals surface area contributed by atoms with Crippen molar-refractivity contribution in [3.05, 3.63) is 29.3 Å². The van der Waals surface area contributed by atoms with Gasteiger partial charge in [-0.05, 0) is 0 Å². The van der Waals surface area contributed by atoms with Gasteiger partial charge >= 0.3 is 10.4 Å². The van der Waals surface area contributed by atoms with Crippen molar-refractivity contribution >= 4 is 16.1 Å². The number of nitrogens with zero attached hydrogens (tertiary/aromatic N) is 1. The molecule has 1 N–H and O–H groups in total. The third-order valence-corrected chi connectivity index (χ3v) is 2.29. The van der Waals surface area contributed by atoms with Gasteiger partial charge < -0.3 is 0 Å². The van der Waals surface area contributed by atoms with Crippen LogP contribution >= 0.6 is 0 Å². The van der Waals surface area contributed by atoms with Crippen LogP contribution in [0, 0.1) is 23.3 Å². The molecule has 0 amide bonds. The van der Waals surface area contributed by atoms with E-state index in [4.69, 9.17) is 0 Å². The lowest BCUT2D eigenvalue weighted by Gasteiger charge is -2.13. The highest BCUT2D eigenvalue weighted by Gasteiger charge is 2.34. The maximum Gasteiger partial charge on any atom is 0.440 e. The molecule has 2 rings (SSSR count). The Morgan fingerprint density at radius 1 is 1.12 bits per heavy atom. The molecule has 11 heteroatoms. The van der Waals surface area contributed by atoms with Gasteiger partial charge in [0.15, 0.2) is 29.0 Å². The minimum atomic E-state index is -4.53. The highest BCUT2D eigenvalue weighted by Crippen LogP contribution is 2.28. The fraction of sp³-hybridized carbons (Fsp3) is 0. The van der Waals surface area contributed by atoms with E-state index in [2.05, 4.69) is 8.57 Å². The second-order valence-electron chi connectivity index (χ2n) is 2.77. The van der Waals surface area contributed by atoms with Gasteiger partial charge in [-0.25, -0.2) is 17.6 Å². The van der Waals surface area contributed by atoms with E-state index < -0.39 is 39.4 Å². The molecular formula is C6H2F4N2O4S. The molecule has 0 atom stereocenters. The Morgan fingerprint density at radius 3 is 2.29 bits per heavy atom. The average Bonchev–Trinajstić information content (AvgIpc) is 2.55. The highest BCUT2D eigenvalue weighted by atomic mass is 32.3. The average molecular weight is 274 g/mol. The molecule has 1 aliphatic heterocycles. The summed E-state index contributed by atoms with van der Waals surface area (Å²) in [6.07, 6.45) is 0. The minimum absolute atomic E-state index is 0.0176. The molecule has 1 aromatic rings. The van der Waals surface area contributed by atoms with E-state index in [0.717, 1.165) is 0 Å². The van der Waals surface area contributed by atoms with Crippen molar-refractivity contribution in [1.82, 2.24) is 5.59 Å². The van der Waals surface area contributed by atoms with Crippen molar-refractivity contribution in [2.75, 3.05) is 5.17 Å². The molecule has 0 radical (unpaired) electrons. The lowest BCUT2D eigenvalue weighted by Crippen LogP contribution is -2.30. The summed E-state index contributed by atoms with van der Waals surface area (Å²) < 4.78 is 80.6. The van der Waals surface area contributed by atoms with Gasteiger partial charge in [0.25, 0.3) is 0 Å². The first kappa shape index (κ1) is 12.0. The van der Waals surface area contributed by atoms with E-state index in [1.807, 2.05) is 0 Å². The zero-order valence-electron chi connectivity index (χ0n) is 7.58. The van der Waals surface area contributed by atoms with Gasteiger partial charge in [-0.15, -0.1) is 13.7 Å². The topological polar surface area (TPSA) is 67.9 Å². The van der Waals surface area contributed by atoms with Crippen LogP contribution in [0.3, 0.4) is 0 Å². The fourth-order valence-corrected chi connectivity index (χ4v) is 1.50. The maximum absolute atomic E-state index is 13.2. The SMILES string of the molecule is O=S1(=O)ONN(c2c(F)cc(F)c(F)c2F)O1. The third-order valence-electron chi connectivity index (χ3n) is 1.68. The Hall–Kier alpha value is -1.43. The molecule has 0 aliphatic carbocycles. The third kappa shape index (κ3) is 2.04. The molecule has 0 saturated carbocycles. The molecule has 6 nitrogen and oxygen atoms in total. The van der Waals surface area contributed by atoms with E-state index in [0.29, 0.717) is 0 Å². The summed E-state index contributed by atoms with van der Waals surface area (Å²) >= 11 is 0. The van der Waals surface area contributed by atoms with Crippen LogP contribution in [0.5, 0.6) is 0 Å². The molecule has 17 heavy (non-hydrogen) atoms. The predicted octanol–water partition coefficient (Wildman–Crippen LogP) is 0.676. The number of hydrazine groups is 1. The molecule has 94 valence electrons. The monoisotopic (exact) mass is 274 g/mol. The number of benzene rings is 1. The van der Waals surface area contributed by atoms with Crippen molar-refractivity contribution in [2.24, 2.45) is 0 Å². The molecule has 0 bridgehead atoms. The molecule has 1 aromatic carbocycles. The Kier molecular flexibility index (Phi) is 2.69. The molecule has 0 unspecified atom stereocenters. The van der Waals surface area contributed by atoms with Gasteiger partial charge in [0, 0.05) is 6.07 Å². The Labute approximate surface area is 91.5 Å². The van der Waals surface area contributed by atoms with Gasteiger partial charge in [-0.3, -0.25) is 0 Å². The van der Waals surface area contributed by atoms with Crippen LogP contribution in [-0.2, 0) is 19.0 Å². The first-order valence-electron chi connectivity index (χ1n) is 3.83. The number of nitrogens with one attached hydrogen (secondary N) is 1. The number of hydrogen-bond donors (Lipinski definition) is 1. The van der Waals surface area contributed by atoms with Crippen LogP contribution in [0.15, 0.2) is 6.07 Å². The van der Waals surface area contributed by atoms with Gasteiger partial charge in [-0.1, -0.05) is 5.59 Å². The van der Waals surface area contributed by atoms with Crippen LogP contribution in [0.2, 0.25) is 0 Å². The molecule has 0 aromatic heterocycles. The van der Waals surface area contributed by atoms with E-state index in [-0.39, 0.29) is 11.2 Å². The summed E-state index contributed by atoms with van der Waals surface area (Å²) in [7, 11) is -4.53. The van der Waals surface area contributed by atoms with Crippen molar-refractivity contribution in [3.63, 3.8) is 0 Å². The van der Waals surface area contributed by atoms with Crippen molar-refractivity contribution < 1.29 is 34.5 Å². The van der Waals surface area contributed by atoms with Crippen LogP contribution in [0.25, 0.3) is 0 Å². The van der Waals surface area contributed by atoms with Crippen molar-refractivity contribution in [2.45, 2.75) is 0 Å². The van der Waals surface area contributed by atoms with Crippen LogP contribution in [0.4, 0.5) is 23.2 Å². The van der Waals surface area contributed by atoms with E-state index in [9.17, 15) is 26.0 Å². The van der Waals surface area contributed by atoms with E-state index in [1.165, 1.54) is 5.59 Å². The van der Waals surface area contributed by atoms with Crippen molar-refractivity contribution in [3.8, 4) is 0 Å². The smallest absolute Gasteiger partial charge is 0.204 e. The van der Waals surface area contributed by atoms with Gasteiger partial charge in [0.2, 0.25) is 0 Å². The van der Waals surface area contributed by atoms with Crippen molar-refractivity contribution in [1.29, 1.82) is 0 Å². The fourth-order valence-electron chi connectivity index (χ4n) is 1.03. The minimum Gasteiger partial charge on any atom is -0.204 e. The van der Waals surface area contributed by atoms with E-state index in [1.54, 1.807) is 0 Å². The number of rotatable bonds is 1. The Morgan fingerprint density at radius 2 is 1.76 bits per heavy atom. The summed E-state index contributed by atoms with van der Waals surface area (Å²) in [6, 6.07) is 0.0176. The summed E-state index contributed by atoms with van der Waals surface area (Å²) in [4.78, 5) is 0. The second-order valence-corrected chi connectivity index (χ2v) is 3.90. The first-order valence-corrected chi connectivity index (χ1v) is 5.17. The lowest BCUT2D eigenvalue weighted by atomic mass is 10.2. The molecule has 1 fully saturated rings. The largest absolute Gasteiger partial charge is 0.440 e. The number of halogens is 4. The summed E-state index contributed by atoms with van der Waals surface area (Å²) in [6.45, 7) is 0. The van der Waals surface area contributed by atoms with Gasteiger partial charge in [-0.2, -0.15) is 8.42 Å². The van der Waals surface area contributed by atoms with Crippen LogP contribution in [0.1, 0.15) is 0 Å². The first-order chi connectivity index (χ1) is 7.82. The van der Waals surface area contributed by atoms with Crippen LogP contribution < -0.4 is 10.8 Å². The molecule has 1 saturated heterocycles. The number of anilines is 1. The summed E-state index contributed by atoms with van der Waals surface area (Å²) in [5.74, 6) is -7.33. The maximum atomic E-state index is 13.2. The Bertz CT molecular complexity index is 578. The lowest BCUT2D eigenvalue weighted by molar-refractivity contribution is 0.192. The molecular weight excluding hydrogens is 272 g/mol. The van der Waals surface area contributed by atoms with Crippen LogP contribution in [-0.4, -0.2) is 8.42 Å². The molecule has 1 aliphatic rings. The number of hydrogen-bond acceptors (Lipinski definition) is 6. The second kappa shape index (κ2) is 3.80. The normalized spacial score (nSPS) is 18.7. The molecule has 1 heterocycles. The predicted molar refractivity (Wildman–Crippen MR) is 43.0 cm³/mol. The standard InChI is InChI=1S/C6H2F4N2O4S/c7-2-1-3(8)6(5(10)4(2)9)12-11-15-17(13,14)16-12/h1,11H. The summed E-state index contributed by atoms with van der Waals surface area (Å²) in [5, 5.41) is -0.136. The van der Waals surface area contributed by atoms with Gasteiger partial charge in [0.1, 0.15) is 0 Å². The van der Waals surface area contributed by atoms with Gasteiger partial charge in [0.05, 0.1) is 0 Å². The highest BCUT2D eigenvalue weighted by molar-refractivity contribution is 7.82. The zero-order chi connectivity index (χ0) is 12.8. The quantitative estimate of drug-likeness (QED) is 0.461. The summed E-state index contributed by atoms with van der Waals surface area (Å²) in [5.41, 5.74) is 0.145. The zero-order valence-corrected chi connectivity index (χ0v) is 8.39. The molecule has 0 spiro atoms.